The molecule has 18 heavy (non-hydrogen) atoms. The number of hydrogen-bond donors (Lipinski definition) is 0. The number of carbonyl (C=O) groups excluding carboxylic acids is 1. The van der Waals surface area contributed by atoms with Crippen LogP contribution in [0.3, 0.4) is 0 Å². The third-order valence-corrected chi connectivity index (χ3v) is 2.77. The molecule has 5 heteroatoms. The van der Waals surface area contributed by atoms with Gasteiger partial charge in [0.1, 0.15) is 11.7 Å². The highest BCUT2D eigenvalue weighted by molar-refractivity contribution is 6.31. The summed E-state index contributed by atoms with van der Waals surface area (Å²) in [6.07, 6.45) is 0.0662. The fraction of sp³-hybridized carbons (Fsp3) is 0.385. The smallest absolute Gasteiger partial charge is 0.156 e. The average molecular weight is 270 g/mol. The zero-order chi connectivity index (χ0) is 13.5. The van der Waals surface area contributed by atoms with E-state index in [4.69, 9.17) is 21.6 Å². The van der Waals surface area contributed by atoms with Gasteiger partial charge in [0.25, 0.3) is 0 Å². The summed E-state index contributed by atoms with van der Waals surface area (Å²) < 4.78 is 18.7. The number of nitriles is 1. The molecule has 1 rings (SSSR count). The quantitative estimate of drug-likeness (QED) is 0.746. The minimum atomic E-state index is -1.18. The minimum absolute atomic E-state index is 0.0526. The summed E-state index contributed by atoms with van der Waals surface area (Å²) in [5.74, 6) is -2.21. The Balaban J connectivity index is 2.90. The van der Waals surface area contributed by atoms with Crippen molar-refractivity contribution in [2.45, 2.75) is 19.3 Å². The van der Waals surface area contributed by atoms with Crippen LogP contribution in [0.2, 0.25) is 5.02 Å². The SMILES string of the molecule is CCOCCC(=O)C(C#N)c1c(F)cccc1Cl. The molecule has 0 fully saturated rings. The maximum absolute atomic E-state index is 13.6. The van der Waals surface area contributed by atoms with Crippen molar-refractivity contribution in [3.8, 4) is 6.07 Å². The fourth-order valence-corrected chi connectivity index (χ4v) is 1.82. The molecule has 1 unspecified atom stereocenters. The Morgan fingerprint density at radius 3 is 2.89 bits per heavy atom. The molecule has 0 aliphatic carbocycles. The predicted octanol–water partition coefficient (Wildman–Crippen LogP) is 3.08. The summed E-state index contributed by atoms with van der Waals surface area (Å²) in [5, 5.41) is 9.11. The molecule has 0 N–H and O–H groups in total. The summed E-state index contributed by atoms with van der Waals surface area (Å²) in [5.41, 5.74) is -0.0526. The van der Waals surface area contributed by atoms with Crippen LogP contribution in [-0.2, 0) is 9.53 Å². The Bertz CT molecular complexity index is 450. The van der Waals surface area contributed by atoms with Crippen LogP contribution in [0.1, 0.15) is 24.8 Å². The van der Waals surface area contributed by atoms with Gasteiger partial charge in [0.2, 0.25) is 0 Å². The predicted molar refractivity (Wildman–Crippen MR) is 65.9 cm³/mol. The van der Waals surface area contributed by atoms with E-state index in [2.05, 4.69) is 0 Å². The summed E-state index contributed by atoms with van der Waals surface area (Å²) in [7, 11) is 0. The molecular formula is C13H13ClFNO2. The molecule has 0 saturated carbocycles. The maximum atomic E-state index is 13.6. The molecule has 1 aromatic carbocycles. The maximum Gasteiger partial charge on any atom is 0.156 e. The first-order chi connectivity index (χ1) is 8.61. The summed E-state index contributed by atoms with van der Waals surface area (Å²) in [4.78, 5) is 11.8. The molecule has 0 radical (unpaired) electrons. The second-order valence-corrected chi connectivity index (χ2v) is 4.02. The van der Waals surface area contributed by atoms with Crippen molar-refractivity contribution >= 4 is 17.4 Å². The molecule has 0 aromatic heterocycles. The lowest BCUT2D eigenvalue weighted by atomic mass is 9.94. The number of ketones is 1. The lowest BCUT2D eigenvalue weighted by Gasteiger charge is -2.11. The van der Waals surface area contributed by atoms with Gasteiger partial charge in [-0.25, -0.2) is 4.39 Å². The van der Waals surface area contributed by atoms with Crippen LogP contribution in [0, 0.1) is 17.1 Å². The van der Waals surface area contributed by atoms with Crippen molar-refractivity contribution in [2.75, 3.05) is 13.2 Å². The average Bonchev–Trinajstić information content (AvgIpc) is 2.34. The molecule has 0 amide bonds. The largest absolute Gasteiger partial charge is 0.381 e. The van der Waals surface area contributed by atoms with Crippen molar-refractivity contribution in [3.63, 3.8) is 0 Å². The van der Waals surface area contributed by atoms with E-state index in [1.807, 2.05) is 0 Å². The molecule has 96 valence electrons. The second kappa shape index (κ2) is 7.10. The first kappa shape index (κ1) is 14.6. The van der Waals surface area contributed by atoms with E-state index in [1.54, 1.807) is 13.0 Å². The standard InChI is InChI=1S/C13H13ClFNO2/c1-2-18-7-6-12(17)9(8-16)13-10(14)4-3-5-11(13)15/h3-5,9H,2,6-7H2,1H3. The normalized spacial score (nSPS) is 11.9. The highest BCUT2D eigenvalue weighted by Gasteiger charge is 2.25. The van der Waals surface area contributed by atoms with E-state index in [0.717, 1.165) is 0 Å². The van der Waals surface area contributed by atoms with Crippen molar-refractivity contribution in [1.82, 2.24) is 0 Å². The van der Waals surface area contributed by atoms with Gasteiger partial charge in [-0.15, -0.1) is 0 Å². The Morgan fingerprint density at radius 2 is 2.33 bits per heavy atom. The Labute approximate surface area is 110 Å². The first-order valence-electron chi connectivity index (χ1n) is 5.55. The van der Waals surface area contributed by atoms with Gasteiger partial charge < -0.3 is 4.74 Å². The molecule has 0 spiro atoms. The van der Waals surface area contributed by atoms with Crippen LogP contribution in [0.5, 0.6) is 0 Å². The van der Waals surface area contributed by atoms with Crippen molar-refractivity contribution in [3.05, 3.63) is 34.6 Å². The zero-order valence-corrected chi connectivity index (χ0v) is 10.7. The van der Waals surface area contributed by atoms with Gasteiger partial charge in [-0.2, -0.15) is 5.26 Å². The van der Waals surface area contributed by atoms with Crippen LogP contribution in [-0.4, -0.2) is 19.0 Å². The van der Waals surface area contributed by atoms with Gasteiger partial charge in [0.05, 0.1) is 12.7 Å². The van der Waals surface area contributed by atoms with E-state index in [0.29, 0.717) is 6.61 Å². The second-order valence-electron chi connectivity index (χ2n) is 3.61. The van der Waals surface area contributed by atoms with Crippen LogP contribution >= 0.6 is 11.6 Å². The van der Waals surface area contributed by atoms with Crippen LogP contribution < -0.4 is 0 Å². The van der Waals surface area contributed by atoms with E-state index in [9.17, 15) is 9.18 Å². The summed E-state index contributed by atoms with van der Waals surface area (Å²) >= 11 is 5.83. The zero-order valence-electron chi connectivity index (χ0n) is 9.95. The molecule has 3 nitrogen and oxygen atoms in total. The van der Waals surface area contributed by atoms with Gasteiger partial charge in [-0.3, -0.25) is 4.79 Å². The highest BCUT2D eigenvalue weighted by Crippen LogP contribution is 2.28. The van der Waals surface area contributed by atoms with Crippen LogP contribution in [0.4, 0.5) is 4.39 Å². The lowest BCUT2D eigenvalue weighted by Crippen LogP contribution is -2.15. The Morgan fingerprint density at radius 1 is 1.61 bits per heavy atom. The number of rotatable bonds is 6. The van der Waals surface area contributed by atoms with Gasteiger partial charge in [0, 0.05) is 23.6 Å². The number of Topliss-reactive ketones (excluding diaryl/α,β-unsaturated/α-hetero) is 1. The molecule has 1 atom stereocenters. The van der Waals surface area contributed by atoms with E-state index in [1.165, 1.54) is 18.2 Å². The number of nitrogens with zero attached hydrogens (tertiary/aromatic N) is 1. The monoisotopic (exact) mass is 269 g/mol. The highest BCUT2D eigenvalue weighted by atomic mass is 35.5. The minimum Gasteiger partial charge on any atom is -0.381 e. The number of halogens is 2. The topological polar surface area (TPSA) is 50.1 Å². The summed E-state index contributed by atoms with van der Waals surface area (Å²) in [6.45, 7) is 2.52. The lowest BCUT2D eigenvalue weighted by molar-refractivity contribution is -0.120. The number of carbonyl (C=O) groups is 1. The molecule has 0 saturated heterocycles. The van der Waals surface area contributed by atoms with Gasteiger partial charge in [0.15, 0.2) is 5.78 Å². The number of ether oxygens (including phenoxy) is 1. The molecular weight excluding hydrogens is 257 g/mol. The molecule has 0 heterocycles. The van der Waals surface area contributed by atoms with Gasteiger partial charge in [-0.1, -0.05) is 17.7 Å². The summed E-state index contributed by atoms with van der Waals surface area (Å²) in [6, 6.07) is 5.87. The van der Waals surface area contributed by atoms with Crippen molar-refractivity contribution in [1.29, 1.82) is 5.26 Å². The molecule has 0 bridgehead atoms. The molecule has 0 aliphatic rings. The fourth-order valence-electron chi connectivity index (χ4n) is 1.55. The Hall–Kier alpha value is -1.44. The van der Waals surface area contributed by atoms with Crippen molar-refractivity contribution in [2.24, 2.45) is 0 Å². The van der Waals surface area contributed by atoms with E-state index < -0.39 is 17.5 Å². The van der Waals surface area contributed by atoms with E-state index >= 15 is 0 Å². The number of benzene rings is 1. The molecule has 1 aromatic rings. The number of hydrogen-bond acceptors (Lipinski definition) is 3. The van der Waals surface area contributed by atoms with E-state index in [-0.39, 0.29) is 23.6 Å². The third-order valence-electron chi connectivity index (χ3n) is 2.44. The third kappa shape index (κ3) is 3.52. The van der Waals surface area contributed by atoms with Crippen LogP contribution in [0.25, 0.3) is 0 Å². The van der Waals surface area contributed by atoms with Gasteiger partial charge in [-0.05, 0) is 19.1 Å². The van der Waals surface area contributed by atoms with Gasteiger partial charge >= 0.3 is 0 Å². The van der Waals surface area contributed by atoms with Crippen LogP contribution in [0.15, 0.2) is 18.2 Å². The first-order valence-corrected chi connectivity index (χ1v) is 5.93. The molecule has 0 aliphatic heterocycles. The van der Waals surface area contributed by atoms with Crippen molar-refractivity contribution < 1.29 is 13.9 Å². The Kier molecular flexibility index (Phi) is 5.76.